The van der Waals surface area contributed by atoms with Crippen molar-refractivity contribution in [1.82, 2.24) is 10.2 Å². The number of nitrogens with one attached hydrogen (secondary N) is 2. The molecule has 0 fully saturated rings. The molecule has 0 radical (unpaired) electrons. The van der Waals surface area contributed by atoms with E-state index in [0.29, 0.717) is 16.3 Å². The molecule has 0 bridgehead atoms. The molecule has 5 heteroatoms. The van der Waals surface area contributed by atoms with Crippen LogP contribution < -0.4 is 5.32 Å². The third kappa shape index (κ3) is 2.31. The molecule has 0 spiro atoms. The lowest BCUT2D eigenvalue weighted by molar-refractivity contribution is 0.102. The summed E-state index contributed by atoms with van der Waals surface area (Å²) in [5, 5.41) is 9.98. The fraction of sp³-hybridized carbons (Fsp3) is 0.167. The molecule has 0 atom stereocenters. The van der Waals surface area contributed by atoms with Gasteiger partial charge in [0.25, 0.3) is 5.91 Å². The number of carbonyl (C=O) groups excluding carboxylic acids is 1. The summed E-state index contributed by atoms with van der Waals surface area (Å²) in [5.74, 6) is -0.193. The Balaban J connectivity index is 2.25. The lowest BCUT2D eigenvalue weighted by Gasteiger charge is -2.08. The van der Waals surface area contributed by atoms with Gasteiger partial charge in [0.2, 0.25) is 0 Å². The zero-order valence-electron chi connectivity index (χ0n) is 9.54. The van der Waals surface area contributed by atoms with E-state index in [4.69, 9.17) is 11.6 Å². The summed E-state index contributed by atoms with van der Waals surface area (Å²) in [5.41, 5.74) is 2.83. The van der Waals surface area contributed by atoms with E-state index in [2.05, 4.69) is 15.5 Å². The maximum absolute atomic E-state index is 11.9. The number of rotatable bonds is 2. The Morgan fingerprint density at radius 3 is 2.82 bits per heavy atom. The summed E-state index contributed by atoms with van der Waals surface area (Å²) in [6.07, 6.45) is 1.50. The van der Waals surface area contributed by atoms with Crippen molar-refractivity contribution in [2.24, 2.45) is 0 Å². The minimum Gasteiger partial charge on any atom is -0.322 e. The summed E-state index contributed by atoms with van der Waals surface area (Å²) in [6, 6.07) is 5.40. The topological polar surface area (TPSA) is 57.8 Å². The summed E-state index contributed by atoms with van der Waals surface area (Å²) in [7, 11) is 0. The second kappa shape index (κ2) is 4.59. The molecule has 1 aromatic heterocycles. The molecular formula is C12H12ClN3O. The van der Waals surface area contributed by atoms with Crippen LogP contribution in [0.5, 0.6) is 0 Å². The average molecular weight is 250 g/mol. The van der Waals surface area contributed by atoms with Crippen LogP contribution in [0, 0.1) is 13.8 Å². The van der Waals surface area contributed by atoms with E-state index in [0.717, 1.165) is 11.3 Å². The Hall–Kier alpha value is -1.81. The number of aryl methyl sites for hydroxylation is 1. The molecule has 1 heterocycles. The molecule has 17 heavy (non-hydrogen) atoms. The Morgan fingerprint density at radius 2 is 2.18 bits per heavy atom. The van der Waals surface area contributed by atoms with Crippen molar-refractivity contribution in [2.75, 3.05) is 5.32 Å². The van der Waals surface area contributed by atoms with Crippen molar-refractivity contribution < 1.29 is 4.79 Å². The van der Waals surface area contributed by atoms with Gasteiger partial charge in [-0.15, -0.1) is 0 Å². The molecule has 2 aromatic rings. The van der Waals surface area contributed by atoms with E-state index in [9.17, 15) is 4.79 Å². The van der Waals surface area contributed by atoms with Crippen LogP contribution in [0.3, 0.4) is 0 Å². The van der Waals surface area contributed by atoms with E-state index < -0.39 is 0 Å². The van der Waals surface area contributed by atoms with E-state index >= 15 is 0 Å². The zero-order chi connectivity index (χ0) is 12.4. The standard InChI is InChI=1S/C12H12ClN3O/c1-7-10(13)4-3-5-11(7)15-12(17)9-6-14-16-8(9)2/h3-6H,1-2H3,(H,14,16)(H,15,17). The van der Waals surface area contributed by atoms with Crippen LogP contribution in [0.15, 0.2) is 24.4 Å². The van der Waals surface area contributed by atoms with Crippen molar-refractivity contribution in [3.63, 3.8) is 0 Å². The molecule has 0 saturated heterocycles. The number of hydrogen-bond acceptors (Lipinski definition) is 2. The number of H-pyrrole nitrogens is 1. The van der Waals surface area contributed by atoms with Gasteiger partial charge in [-0.1, -0.05) is 17.7 Å². The molecule has 88 valence electrons. The van der Waals surface area contributed by atoms with Gasteiger partial charge in [0, 0.05) is 16.4 Å². The van der Waals surface area contributed by atoms with Crippen LogP contribution in [-0.2, 0) is 0 Å². The molecule has 0 aliphatic rings. The highest BCUT2D eigenvalue weighted by Gasteiger charge is 2.12. The molecule has 0 unspecified atom stereocenters. The Bertz CT molecular complexity index is 563. The van der Waals surface area contributed by atoms with Gasteiger partial charge >= 0.3 is 0 Å². The second-order valence-electron chi connectivity index (χ2n) is 3.78. The number of aromatic amines is 1. The van der Waals surface area contributed by atoms with Gasteiger partial charge in [0.05, 0.1) is 11.8 Å². The fourth-order valence-electron chi connectivity index (χ4n) is 1.51. The minimum atomic E-state index is -0.193. The Labute approximate surface area is 104 Å². The zero-order valence-corrected chi connectivity index (χ0v) is 10.3. The fourth-order valence-corrected chi connectivity index (χ4v) is 1.69. The van der Waals surface area contributed by atoms with Crippen molar-refractivity contribution in [3.05, 3.63) is 46.2 Å². The predicted molar refractivity (Wildman–Crippen MR) is 67.5 cm³/mol. The summed E-state index contributed by atoms with van der Waals surface area (Å²) in [6.45, 7) is 3.66. The maximum Gasteiger partial charge on any atom is 0.259 e. The first-order chi connectivity index (χ1) is 8.09. The van der Waals surface area contributed by atoms with E-state index in [-0.39, 0.29) is 5.91 Å². The van der Waals surface area contributed by atoms with Gasteiger partial charge in [-0.2, -0.15) is 5.10 Å². The monoisotopic (exact) mass is 249 g/mol. The number of carbonyl (C=O) groups is 1. The average Bonchev–Trinajstić information content (AvgIpc) is 2.71. The maximum atomic E-state index is 11.9. The van der Waals surface area contributed by atoms with Gasteiger partial charge < -0.3 is 5.32 Å². The van der Waals surface area contributed by atoms with Crippen molar-refractivity contribution >= 4 is 23.2 Å². The number of benzene rings is 1. The SMILES string of the molecule is Cc1[nH]ncc1C(=O)Nc1cccc(Cl)c1C. The third-order valence-corrected chi connectivity index (χ3v) is 3.00. The van der Waals surface area contributed by atoms with Gasteiger partial charge in [-0.05, 0) is 31.5 Å². The minimum absolute atomic E-state index is 0.193. The third-order valence-electron chi connectivity index (χ3n) is 2.59. The van der Waals surface area contributed by atoms with Crippen LogP contribution in [0.2, 0.25) is 5.02 Å². The lowest BCUT2D eigenvalue weighted by Crippen LogP contribution is -2.13. The number of nitrogens with zero attached hydrogens (tertiary/aromatic N) is 1. The van der Waals surface area contributed by atoms with Crippen LogP contribution in [-0.4, -0.2) is 16.1 Å². The highest BCUT2D eigenvalue weighted by atomic mass is 35.5. The summed E-state index contributed by atoms with van der Waals surface area (Å²) < 4.78 is 0. The van der Waals surface area contributed by atoms with Crippen LogP contribution in [0.1, 0.15) is 21.6 Å². The molecule has 1 aromatic carbocycles. The molecule has 0 aliphatic carbocycles. The van der Waals surface area contributed by atoms with Gasteiger partial charge in [-0.25, -0.2) is 0 Å². The molecule has 4 nitrogen and oxygen atoms in total. The quantitative estimate of drug-likeness (QED) is 0.860. The Kier molecular flexibility index (Phi) is 3.15. The summed E-state index contributed by atoms with van der Waals surface area (Å²) in [4.78, 5) is 11.9. The molecule has 2 N–H and O–H groups in total. The van der Waals surface area contributed by atoms with Crippen molar-refractivity contribution in [2.45, 2.75) is 13.8 Å². The predicted octanol–water partition coefficient (Wildman–Crippen LogP) is 2.93. The largest absolute Gasteiger partial charge is 0.322 e. The van der Waals surface area contributed by atoms with Gasteiger partial charge in [0.15, 0.2) is 0 Å². The van der Waals surface area contributed by atoms with Gasteiger partial charge in [0.1, 0.15) is 0 Å². The van der Waals surface area contributed by atoms with Crippen molar-refractivity contribution in [1.29, 1.82) is 0 Å². The first kappa shape index (κ1) is 11.7. The first-order valence-electron chi connectivity index (χ1n) is 5.16. The number of halogens is 1. The number of aromatic nitrogens is 2. The molecule has 2 rings (SSSR count). The summed E-state index contributed by atoms with van der Waals surface area (Å²) >= 11 is 5.98. The van der Waals surface area contributed by atoms with Gasteiger partial charge in [-0.3, -0.25) is 9.89 Å². The van der Waals surface area contributed by atoms with Crippen molar-refractivity contribution in [3.8, 4) is 0 Å². The normalized spacial score (nSPS) is 10.3. The van der Waals surface area contributed by atoms with Crippen LogP contribution in [0.4, 0.5) is 5.69 Å². The first-order valence-corrected chi connectivity index (χ1v) is 5.54. The number of anilines is 1. The second-order valence-corrected chi connectivity index (χ2v) is 4.18. The smallest absolute Gasteiger partial charge is 0.259 e. The highest BCUT2D eigenvalue weighted by molar-refractivity contribution is 6.31. The molecule has 1 amide bonds. The van der Waals surface area contributed by atoms with E-state index in [1.807, 2.05) is 13.0 Å². The van der Waals surface area contributed by atoms with E-state index in [1.165, 1.54) is 6.20 Å². The Morgan fingerprint density at radius 1 is 1.41 bits per heavy atom. The van der Waals surface area contributed by atoms with Crippen LogP contribution in [0.25, 0.3) is 0 Å². The molecule has 0 saturated carbocycles. The highest BCUT2D eigenvalue weighted by Crippen LogP contribution is 2.23. The van der Waals surface area contributed by atoms with Crippen LogP contribution >= 0.6 is 11.6 Å². The molecule has 0 aliphatic heterocycles. The number of hydrogen-bond donors (Lipinski definition) is 2. The lowest BCUT2D eigenvalue weighted by atomic mass is 10.2. The number of amides is 1. The molecular weight excluding hydrogens is 238 g/mol. The van der Waals surface area contributed by atoms with E-state index in [1.54, 1.807) is 19.1 Å².